The fourth-order valence-electron chi connectivity index (χ4n) is 6.73. The summed E-state index contributed by atoms with van der Waals surface area (Å²) in [6, 6.07) is 8.91. The molecule has 0 aromatic heterocycles. The highest BCUT2D eigenvalue weighted by Gasteiger charge is 2.64. The van der Waals surface area contributed by atoms with Crippen LogP contribution < -0.4 is 11.1 Å². The number of aliphatic hydroxyl groups excluding tert-OH is 3. The van der Waals surface area contributed by atoms with Gasteiger partial charge in [-0.15, -0.1) is 0 Å². The second kappa shape index (κ2) is 11.7. The first kappa shape index (κ1) is 31.7. The second-order valence-corrected chi connectivity index (χ2v) is 12.2. The number of anilines is 1. The highest BCUT2D eigenvalue weighted by molar-refractivity contribution is 6.24. The lowest BCUT2D eigenvalue weighted by atomic mass is 9.57. The van der Waals surface area contributed by atoms with Crippen molar-refractivity contribution in [3.05, 3.63) is 75.6 Å². The standard InChI is InChI=1S/C33H36N4O8/c1-36(2)15-23(39)35-19-10-6-16(7-11-19)5-8-17-9-12-22(38)25-20(17)13-18-14-21-27(37(3)4)29(41)26(32(34)44)31(43)33(21,45)30(42)24(18)28(25)40/h6-7,9-12,18,21,23,27,35,38-40,43,45H,13-15H2,1-4H3,(H2,34,44)/t18-,21-,23?,27-,33-/m0/s1. The summed E-state index contributed by atoms with van der Waals surface area (Å²) in [7, 11) is 6.81. The second-order valence-electron chi connectivity index (χ2n) is 12.2. The molecule has 3 aliphatic rings. The normalized spacial score (nSPS) is 24.9. The Morgan fingerprint density at radius 2 is 1.73 bits per heavy atom. The monoisotopic (exact) mass is 616 g/mol. The van der Waals surface area contributed by atoms with E-state index in [-0.39, 0.29) is 29.7 Å². The molecule has 5 atom stereocenters. The number of rotatable bonds is 6. The van der Waals surface area contributed by atoms with Crippen molar-refractivity contribution in [2.75, 3.05) is 40.1 Å². The number of fused-ring (bicyclic) bond motifs is 3. The number of phenols is 1. The third-order valence-corrected chi connectivity index (χ3v) is 8.70. The van der Waals surface area contributed by atoms with Crippen molar-refractivity contribution in [2.24, 2.45) is 17.6 Å². The summed E-state index contributed by atoms with van der Waals surface area (Å²) >= 11 is 0. The Hall–Kier alpha value is -4.67. The van der Waals surface area contributed by atoms with Crippen molar-refractivity contribution >= 4 is 28.9 Å². The summed E-state index contributed by atoms with van der Waals surface area (Å²) in [6.07, 6.45) is -0.624. The zero-order valence-electron chi connectivity index (χ0n) is 25.3. The maximum absolute atomic E-state index is 14.0. The highest BCUT2D eigenvalue weighted by Crippen LogP contribution is 2.52. The van der Waals surface area contributed by atoms with Gasteiger partial charge in [0.15, 0.2) is 11.4 Å². The number of likely N-dealkylation sites (N-methyl/N-ethyl adjacent to an activating group) is 2. The van der Waals surface area contributed by atoms with Crippen LogP contribution in [0.15, 0.2) is 53.3 Å². The number of Topliss-reactive ketones (excluding diaryl/α,β-unsaturated/α-hetero) is 2. The third-order valence-electron chi connectivity index (χ3n) is 8.70. The van der Waals surface area contributed by atoms with Gasteiger partial charge < -0.3 is 41.5 Å². The number of nitrogens with zero attached hydrogens (tertiary/aromatic N) is 2. The molecule has 0 radical (unpaired) electrons. The van der Waals surface area contributed by atoms with Crippen LogP contribution in [0.3, 0.4) is 0 Å². The van der Waals surface area contributed by atoms with Gasteiger partial charge >= 0.3 is 0 Å². The molecule has 2 aromatic rings. The van der Waals surface area contributed by atoms with Crippen LogP contribution in [0, 0.1) is 23.7 Å². The lowest BCUT2D eigenvalue weighted by Gasteiger charge is -2.50. The largest absolute Gasteiger partial charge is 0.508 e. The molecule has 3 aliphatic carbocycles. The molecular weight excluding hydrogens is 580 g/mol. The van der Waals surface area contributed by atoms with Crippen molar-refractivity contribution < 1.29 is 39.9 Å². The van der Waals surface area contributed by atoms with Gasteiger partial charge in [-0.25, -0.2) is 0 Å². The Morgan fingerprint density at radius 1 is 1.07 bits per heavy atom. The Labute approximate surface area is 260 Å². The number of hydrogen-bond acceptors (Lipinski definition) is 11. The first-order chi connectivity index (χ1) is 21.2. The van der Waals surface area contributed by atoms with Crippen molar-refractivity contribution in [1.29, 1.82) is 0 Å². The topological polar surface area (TPSA) is 197 Å². The minimum atomic E-state index is -2.69. The summed E-state index contributed by atoms with van der Waals surface area (Å²) in [5.41, 5.74) is 3.93. The van der Waals surface area contributed by atoms with E-state index in [0.29, 0.717) is 28.9 Å². The molecule has 12 nitrogen and oxygen atoms in total. The van der Waals surface area contributed by atoms with Crippen LogP contribution in [0.1, 0.15) is 28.7 Å². The first-order valence-corrected chi connectivity index (χ1v) is 14.4. The van der Waals surface area contributed by atoms with E-state index >= 15 is 0 Å². The van der Waals surface area contributed by atoms with Crippen molar-refractivity contribution in [3.63, 3.8) is 0 Å². The van der Waals surface area contributed by atoms with Gasteiger partial charge in [0.1, 0.15) is 29.1 Å². The van der Waals surface area contributed by atoms with Gasteiger partial charge in [-0.3, -0.25) is 19.3 Å². The van der Waals surface area contributed by atoms with Crippen LogP contribution in [0.25, 0.3) is 5.76 Å². The molecule has 2 aromatic carbocycles. The van der Waals surface area contributed by atoms with E-state index in [4.69, 9.17) is 5.73 Å². The maximum atomic E-state index is 14.0. The summed E-state index contributed by atoms with van der Waals surface area (Å²) in [5.74, 6) is -0.872. The summed E-state index contributed by atoms with van der Waals surface area (Å²) in [4.78, 5) is 42.7. The minimum Gasteiger partial charge on any atom is -0.508 e. The van der Waals surface area contributed by atoms with E-state index in [1.807, 2.05) is 19.0 Å². The zero-order chi connectivity index (χ0) is 33.0. The number of ketones is 2. The molecule has 5 rings (SSSR count). The molecule has 0 spiro atoms. The van der Waals surface area contributed by atoms with Crippen molar-refractivity contribution in [2.45, 2.75) is 30.7 Å². The van der Waals surface area contributed by atoms with Gasteiger partial charge in [0.2, 0.25) is 5.78 Å². The van der Waals surface area contributed by atoms with Gasteiger partial charge in [0.05, 0.1) is 11.6 Å². The van der Waals surface area contributed by atoms with E-state index in [9.17, 15) is 39.9 Å². The molecule has 0 heterocycles. The van der Waals surface area contributed by atoms with Crippen LogP contribution in [0.4, 0.5) is 5.69 Å². The molecule has 45 heavy (non-hydrogen) atoms. The van der Waals surface area contributed by atoms with Crippen LogP contribution in [-0.4, -0.2) is 105 Å². The van der Waals surface area contributed by atoms with E-state index in [0.717, 1.165) is 0 Å². The number of phenolic OH excluding ortho intramolecular Hbond substituents is 1. The third kappa shape index (κ3) is 5.34. The Kier molecular flexibility index (Phi) is 8.24. The lowest BCUT2D eigenvalue weighted by molar-refractivity contribution is -0.153. The molecule has 1 amide bonds. The molecule has 1 fully saturated rings. The molecule has 12 heteroatoms. The molecule has 8 N–H and O–H groups in total. The van der Waals surface area contributed by atoms with Gasteiger partial charge in [0, 0.05) is 34.9 Å². The molecule has 236 valence electrons. The van der Waals surface area contributed by atoms with E-state index in [1.165, 1.54) is 11.0 Å². The number of hydrogen-bond donors (Lipinski definition) is 7. The Balaban J connectivity index is 1.54. The number of carbonyl (C=O) groups is 3. The van der Waals surface area contributed by atoms with Crippen molar-refractivity contribution in [1.82, 2.24) is 9.80 Å². The molecular formula is C33H36N4O8. The number of aromatic hydroxyl groups is 1. The number of aliphatic hydroxyl groups is 4. The van der Waals surface area contributed by atoms with Gasteiger partial charge in [-0.2, -0.15) is 0 Å². The van der Waals surface area contributed by atoms with Gasteiger partial charge in [-0.1, -0.05) is 11.8 Å². The van der Waals surface area contributed by atoms with Crippen molar-refractivity contribution in [3.8, 4) is 17.6 Å². The van der Waals surface area contributed by atoms with Crippen LogP contribution in [-0.2, 0) is 20.8 Å². The van der Waals surface area contributed by atoms with Crippen LogP contribution in [0.5, 0.6) is 5.75 Å². The number of nitrogens with one attached hydrogen (secondary N) is 1. The van der Waals surface area contributed by atoms with Crippen LogP contribution in [0.2, 0.25) is 0 Å². The van der Waals surface area contributed by atoms with Gasteiger partial charge in [0.25, 0.3) is 5.91 Å². The fraction of sp³-hybridized carbons (Fsp3) is 0.364. The average molecular weight is 617 g/mol. The Bertz CT molecular complexity index is 1720. The quantitative estimate of drug-likeness (QED) is 0.137. The molecule has 1 unspecified atom stereocenters. The maximum Gasteiger partial charge on any atom is 0.255 e. The molecule has 0 aliphatic heterocycles. The summed E-state index contributed by atoms with van der Waals surface area (Å²) in [5, 5.41) is 58.0. The SMILES string of the molecule is CN(C)CC(O)Nc1ccc(C#Cc2ccc(O)c3c2C[C@H]2C[C@H]4[C@H](N(C)C)C(=O)C(C(N)=O)=C(O)[C@@]4(O)C(=O)C2=C3O)cc1. The molecule has 0 bridgehead atoms. The Morgan fingerprint density at radius 3 is 2.33 bits per heavy atom. The van der Waals surface area contributed by atoms with E-state index in [2.05, 4.69) is 17.2 Å². The number of nitrogens with two attached hydrogens (primary N) is 1. The highest BCUT2D eigenvalue weighted by atomic mass is 16.3. The smallest absolute Gasteiger partial charge is 0.255 e. The van der Waals surface area contributed by atoms with Crippen LogP contribution >= 0.6 is 0 Å². The average Bonchev–Trinajstić information content (AvgIpc) is 2.94. The molecule has 0 saturated heterocycles. The fourth-order valence-corrected chi connectivity index (χ4v) is 6.73. The number of carbonyl (C=O) groups excluding carboxylic acids is 3. The summed E-state index contributed by atoms with van der Waals surface area (Å²) in [6.45, 7) is 0.432. The van der Waals surface area contributed by atoms with E-state index in [1.54, 1.807) is 44.4 Å². The lowest BCUT2D eigenvalue weighted by Crippen LogP contribution is -2.65. The van der Waals surface area contributed by atoms with Gasteiger partial charge in [-0.05, 0) is 88.9 Å². The first-order valence-electron chi connectivity index (χ1n) is 14.4. The molecule has 1 saturated carbocycles. The number of amides is 1. The predicted octanol–water partition coefficient (Wildman–Crippen LogP) is 0.656. The minimum absolute atomic E-state index is 0.0115. The summed E-state index contributed by atoms with van der Waals surface area (Å²) < 4.78 is 0. The van der Waals surface area contributed by atoms with E-state index < -0.39 is 64.3 Å². The number of primary amides is 1. The zero-order valence-corrected chi connectivity index (χ0v) is 25.3. The predicted molar refractivity (Wildman–Crippen MR) is 165 cm³/mol. The number of benzene rings is 2.